The Morgan fingerprint density at radius 2 is 1.97 bits per heavy atom. The molecule has 9 nitrogen and oxygen atoms in total. The van der Waals surface area contributed by atoms with Gasteiger partial charge in [0.25, 0.3) is 11.6 Å². The van der Waals surface area contributed by atoms with Crippen LogP contribution >= 0.6 is 0 Å². The van der Waals surface area contributed by atoms with Crippen molar-refractivity contribution in [3.05, 3.63) is 75.3 Å². The Kier molecular flexibility index (Phi) is 5.58. The number of imide groups is 1. The van der Waals surface area contributed by atoms with Gasteiger partial charge in [0.05, 0.1) is 24.1 Å². The summed E-state index contributed by atoms with van der Waals surface area (Å²) in [4.78, 5) is 49.5. The molecule has 9 heteroatoms. The molecule has 150 valence electrons. The summed E-state index contributed by atoms with van der Waals surface area (Å²) in [6, 6.07) is 12.0. The molecule has 0 spiro atoms. The van der Waals surface area contributed by atoms with E-state index in [-0.39, 0.29) is 30.6 Å². The molecule has 0 saturated carbocycles. The number of nitro groups is 1. The van der Waals surface area contributed by atoms with Gasteiger partial charge < -0.3 is 10.2 Å². The maximum atomic E-state index is 12.9. The fraction of sp³-hybridized carbons (Fsp3) is 0.250. The SMILES string of the molecule is CC(c1cccc([N+](=O)[O-])c1)N(C)C(=O)c1cccc(CN2C(=O)CNC2=O)c1. The Morgan fingerprint density at radius 1 is 1.24 bits per heavy atom. The maximum Gasteiger partial charge on any atom is 0.324 e. The van der Waals surface area contributed by atoms with Crippen molar-refractivity contribution in [1.82, 2.24) is 15.1 Å². The van der Waals surface area contributed by atoms with E-state index in [0.29, 0.717) is 16.7 Å². The lowest BCUT2D eigenvalue weighted by molar-refractivity contribution is -0.384. The highest BCUT2D eigenvalue weighted by atomic mass is 16.6. The average Bonchev–Trinajstić information content (AvgIpc) is 3.04. The third kappa shape index (κ3) is 4.23. The van der Waals surface area contributed by atoms with Gasteiger partial charge in [0, 0.05) is 24.7 Å². The molecule has 1 fully saturated rings. The number of nitro benzene ring substituents is 1. The van der Waals surface area contributed by atoms with Crippen molar-refractivity contribution in [3.63, 3.8) is 0 Å². The number of urea groups is 1. The second-order valence-corrected chi connectivity index (χ2v) is 6.78. The predicted octanol–water partition coefficient (Wildman–Crippen LogP) is 2.48. The zero-order valence-corrected chi connectivity index (χ0v) is 16.0. The summed E-state index contributed by atoms with van der Waals surface area (Å²) in [5.41, 5.74) is 1.66. The van der Waals surface area contributed by atoms with Crippen LogP contribution in [-0.2, 0) is 11.3 Å². The predicted molar refractivity (Wildman–Crippen MR) is 104 cm³/mol. The molecule has 1 unspecified atom stereocenters. The van der Waals surface area contributed by atoms with E-state index in [4.69, 9.17) is 0 Å². The molecule has 1 atom stereocenters. The van der Waals surface area contributed by atoms with E-state index in [1.165, 1.54) is 17.0 Å². The average molecular weight is 396 g/mol. The van der Waals surface area contributed by atoms with Crippen LogP contribution < -0.4 is 5.32 Å². The Morgan fingerprint density at radius 3 is 2.62 bits per heavy atom. The number of rotatable bonds is 6. The molecule has 0 aliphatic carbocycles. The first-order valence-electron chi connectivity index (χ1n) is 8.96. The van der Waals surface area contributed by atoms with Crippen LogP contribution in [0.15, 0.2) is 48.5 Å². The van der Waals surface area contributed by atoms with E-state index in [0.717, 1.165) is 4.90 Å². The minimum absolute atomic E-state index is 0.0269. The molecule has 1 aliphatic heterocycles. The van der Waals surface area contributed by atoms with Crippen LogP contribution in [0.5, 0.6) is 0 Å². The third-order valence-corrected chi connectivity index (χ3v) is 4.92. The van der Waals surface area contributed by atoms with Gasteiger partial charge in [-0.2, -0.15) is 0 Å². The molecule has 0 radical (unpaired) electrons. The van der Waals surface area contributed by atoms with Gasteiger partial charge in [0.15, 0.2) is 0 Å². The van der Waals surface area contributed by atoms with Crippen molar-refractivity contribution in [3.8, 4) is 0 Å². The third-order valence-electron chi connectivity index (χ3n) is 4.92. The molecule has 4 amide bonds. The molecule has 1 aliphatic rings. The molecule has 0 bridgehead atoms. The Balaban J connectivity index is 1.77. The number of benzene rings is 2. The lowest BCUT2D eigenvalue weighted by atomic mass is 10.0. The van der Waals surface area contributed by atoms with E-state index in [9.17, 15) is 24.5 Å². The lowest BCUT2D eigenvalue weighted by Crippen LogP contribution is -2.31. The van der Waals surface area contributed by atoms with Gasteiger partial charge in [0.1, 0.15) is 0 Å². The minimum atomic E-state index is -0.475. The molecule has 1 N–H and O–H groups in total. The van der Waals surface area contributed by atoms with Gasteiger partial charge >= 0.3 is 6.03 Å². The van der Waals surface area contributed by atoms with Crippen LogP contribution in [0.1, 0.15) is 34.5 Å². The number of hydrogen-bond acceptors (Lipinski definition) is 5. The molecule has 29 heavy (non-hydrogen) atoms. The van der Waals surface area contributed by atoms with Gasteiger partial charge in [-0.05, 0) is 30.2 Å². The van der Waals surface area contributed by atoms with E-state index in [2.05, 4.69) is 5.32 Å². The number of hydrogen-bond donors (Lipinski definition) is 1. The van der Waals surface area contributed by atoms with Crippen molar-refractivity contribution >= 4 is 23.5 Å². The van der Waals surface area contributed by atoms with E-state index in [1.807, 2.05) is 0 Å². The fourth-order valence-corrected chi connectivity index (χ4v) is 3.10. The highest BCUT2D eigenvalue weighted by Crippen LogP contribution is 2.24. The van der Waals surface area contributed by atoms with Crippen LogP contribution in [-0.4, -0.2) is 46.2 Å². The fourth-order valence-electron chi connectivity index (χ4n) is 3.10. The number of carbonyl (C=O) groups is 3. The van der Waals surface area contributed by atoms with Crippen molar-refractivity contribution in [2.45, 2.75) is 19.5 Å². The smallest absolute Gasteiger partial charge is 0.324 e. The quantitative estimate of drug-likeness (QED) is 0.458. The van der Waals surface area contributed by atoms with Gasteiger partial charge in [-0.3, -0.25) is 24.6 Å². The Hall–Kier alpha value is -3.75. The van der Waals surface area contributed by atoms with Gasteiger partial charge in [-0.1, -0.05) is 24.3 Å². The molecular weight excluding hydrogens is 376 g/mol. The van der Waals surface area contributed by atoms with Crippen molar-refractivity contribution in [2.75, 3.05) is 13.6 Å². The summed E-state index contributed by atoms with van der Waals surface area (Å²) in [5, 5.41) is 13.5. The summed E-state index contributed by atoms with van der Waals surface area (Å²) in [6.07, 6.45) is 0. The first-order valence-corrected chi connectivity index (χ1v) is 8.96. The first-order chi connectivity index (χ1) is 13.8. The monoisotopic (exact) mass is 396 g/mol. The lowest BCUT2D eigenvalue weighted by Gasteiger charge is -2.25. The summed E-state index contributed by atoms with van der Waals surface area (Å²) in [6.45, 7) is 1.84. The molecule has 1 saturated heterocycles. The summed E-state index contributed by atoms with van der Waals surface area (Å²) < 4.78 is 0. The van der Waals surface area contributed by atoms with Crippen LogP contribution in [0.4, 0.5) is 10.5 Å². The second-order valence-electron chi connectivity index (χ2n) is 6.78. The number of carbonyl (C=O) groups excluding carboxylic acids is 3. The highest BCUT2D eigenvalue weighted by molar-refractivity contribution is 6.02. The van der Waals surface area contributed by atoms with Crippen LogP contribution in [0, 0.1) is 10.1 Å². The molecule has 1 heterocycles. The molecule has 2 aromatic rings. The zero-order chi connectivity index (χ0) is 21.1. The standard InChI is InChI=1S/C20H20N4O5/c1-13(15-6-4-8-17(10-15)24(28)29)22(2)19(26)16-7-3-5-14(9-16)12-23-18(25)11-21-20(23)27/h3-10,13H,11-12H2,1-2H3,(H,21,27). The topological polar surface area (TPSA) is 113 Å². The maximum absolute atomic E-state index is 12.9. The summed E-state index contributed by atoms with van der Waals surface area (Å²) in [5.74, 6) is -0.591. The first kappa shape index (κ1) is 20.0. The molecule has 3 rings (SSSR count). The molecule has 0 aromatic heterocycles. The Bertz CT molecular complexity index is 974. The molecule has 2 aromatic carbocycles. The number of nitrogens with zero attached hydrogens (tertiary/aromatic N) is 3. The van der Waals surface area contributed by atoms with Gasteiger partial charge in [-0.25, -0.2) is 4.79 Å². The van der Waals surface area contributed by atoms with E-state index >= 15 is 0 Å². The van der Waals surface area contributed by atoms with Crippen LogP contribution in [0.3, 0.4) is 0 Å². The Labute approximate surface area is 167 Å². The van der Waals surface area contributed by atoms with Crippen molar-refractivity contribution < 1.29 is 19.3 Å². The molecular formula is C20H20N4O5. The second kappa shape index (κ2) is 8.09. The summed E-state index contributed by atoms with van der Waals surface area (Å²) >= 11 is 0. The van der Waals surface area contributed by atoms with E-state index < -0.39 is 17.0 Å². The summed E-state index contributed by atoms with van der Waals surface area (Å²) in [7, 11) is 1.62. The zero-order valence-electron chi connectivity index (χ0n) is 16.0. The van der Waals surface area contributed by atoms with E-state index in [1.54, 1.807) is 50.4 Å². The highest BCUT2D eigenvalue weighted by Gasteiger charge is 2.28. The van der Waals surface area contributed by atoms with Crippen LogP contribution in [0.25, 0.3) is 0 Å². The number of non-ortho nitro benzene ring substituents is 1. The number of amides is 4. The van der Waals surface area contributed by atoms with Gasteiger partial charge in [-0.15, -0.1) is 0 Å². The van der Waals surface area contributed by atoms with Gasteiger partial charge in [0.2, 0.25) is 5.91 Å². The number of nitrogens with one attached hydrogen (secondary N) is 1. The van der Waals surface area contributed by atoms with Crippen LogP contribution in [0.2, 0.25) is 0 Å². The normalized spacial score (nSPS) is 14.5. The minimum Gasteiger partial charge on any atom is -0.335 e. The van der Waals surface area contributed by atoms with Crippen molar-refractivity contribution in [1.29, 1.82) is 0 Å². The van der Waals surface area contributed by atoms with Crippen molar-refractivity contribution in [2.24, 2.45) is 0 Å². The largest absolute Gasteiger partial charge is 0.335 e.